The quantitative estimate of drug-likeness (QED) is 0.905. The first-order valence-electron chi connectivity index (χ1n) is 7.99. The molecule has 0 aliphatic heterocycles. The van der Waals surface area contributed by atoms with Crippen molar-refractivity contribution in [3.8, 4) is 11.1 Å². The van der Waals surface area contributed by atoms with Gasteiger partial charge in [0.05, 0.1) is 10.6 Å². The van der Waals surface area contributed by atoms with Crippen LogP contribution in [0.2, 0.25) is 0 Å². The molecule has 1 heterocycles. The highest BCUT2D eigenvalue weighted by molar-refractivity contribution is 7.89. The van der Waals surface area contributed by atoms with Gasteiger partial charge >= 0.3 is 0 Å². The van der Waals surface area contributed by atoms with E-state index < -0.39 is 10.0 Å². The number of nitrogens with one attached hydrogen (secondary N) is 1. The molecule has 0 fully saturated rings. The van der Waals surface area contributed by atoms with Crippen molar-refractivity contribution in [1.82, 2.24) is 9.88 Å². The topological polar surface area (TPSA) is 72.2 Å². The monoisotopic (exact) mass is 350 g/mol. The van der Waals surface area contributed by atoms with E-state index in [-0.39, 0.29) is 16.4 Å². The number of aryl methyl sites for hydroxylation is 3. The van der Waals surface area contributed by atoms with Crippen molar-refractivity contribution in [3.63, 3.8) is 0 Å². The maximum atomic E-state index is 12.9. The number of hydrogen-bond donors (Lipinski definition) is 1. The lowest BCUT2D eigenvalue weighted by Gasteiger charge is -2.28. The molecule has 0 radical (unpaired) electrons. The van der Waals surface area contributed by atoms with Gasteiger partial charge in [0.2, 0.25) is 10.0 Å². The van der Waals surface area contributed by atoms with Crippen molar-refractivity contribution >= 4 is 10.0 Å². The Bertz CT molecular complexity index is 826. The highest BCUT2D eigenvalue weighted by Crippen LogP contribution is 2.30. The van der Waals surface area contributed by atoms with Gasteiger partial charge in [-0.3, -0.25) is 0 Å². The summed E-state index contributed by atoms with van der Waals surface area (Å²) >= 11 is 0. The van der Waals surface area contributed by atoms with Crippen LogP contribution in [0.25, 0.3) is 11.1 Å². The van der Waals surface area contributed by atoms with Crippen LogP contribution in [0, 0.1) is 26.2 Å². The van der Waals surface area contributed by atoms with Crippen LogP contribution in [-0.4, -0.2) is 19.6 Å². The molecule has 0 saturated carbocycles. The molecule has 1 aromatic carbocycles. The summed E-state index contributed by atoms with van der Waals surface area (Å²) in [6.45, 7) is 13.4. The molecule has 24 heavy (non-hydrogen) atoms. The largest absolute Gasteiger partial charge is 0.361 e. The van der Waals surface area contributed by atoms with E-state index in [1.807, 2.05) is 53.7 Å². The number of aromatic nitrogens is 1. The Morgan fingerprint density at radius 3 is 2.29 bits per heavy atom. The third kappa shape index (κ3) is 3.70. The number of benzene rings is 1. The second kappa shape index (κ2) is 6.33. The highest BCUT2D eigenvalue weighted by Gasteiger charge is 2.27. The lowest BCUT2D eigenvalue weighted by atomic mass is 9.89. The second-order valence-corrected chi connectivity index (χ2v) is 9.07. The molecule has 2 rings (SSSR count). The first-order chi connectivity index (χ1) is 10.9. The van der Waals surface area contributed by atoms with E-state index in [0.717, 1.165) is 16.8 Å². The molecule has 0 aliphatic carbocycles. The summed E-state index contributed by atoms with van der Waals surface area (Å²) in [5, 5.41) is 3.95. The van der Waals surface area contributed by atoms with Crippen molar-refractivity contribution in [2.45, 2.75) is 59.4 Å². The van der Waals surface area contributed by atoms with E-state index in [1.54, 1.807) is 13.0 Å². The molecule has 0 amide bonds. The normalized spacial score (nSPS) is 14.0. The Balaban J connectivity index is 2.49. The van der Waals surface area contributed by atoms with Crippen LogP contribution >= 0.6 is 0 Å². The van der Waals surface area contributed by atoms with Crippen molar-refractivity contribution in [3.05, 3.63) is 35.2 Å². The molecule has 0 saturated heterocycles. The molecule has 0 aliphatic rings. The lowest BCUT2D eigenvalue weighted by molar-refractivity contribution is 0.317. The van der Waals surface area contributed by atoms with Gasteiger partial charge in [-0.2, -0.15) is 0 Å². The predicted octanol–water partition coefficient (Wildman–Crippen LogP) is 3.98. The van der Waals surface area contributed by atoms with Crippen LogP contribution in [-0.2, 0) is 10.0 Å². The Kier molecular flexibility index (Phi) is 4.93. The predicted molar refractivity (Wildman–Crippen MR) is 95.4 cm³/mol. The molecule has 1 N–H and O–H groups in total. The van der Waals surface area contributed by atoms with Crippen molar-refractivity contribution in [1.29, 1.82) is 0 Å². The maximum absolute atomic E-state index is 12.9. The Morgan fingerprint density at radius 1 is 1.17 bits per heavy atom. The first kappa shape index (κ1) is 18.7. The van der Waals surface area contributed by atoms with Crippen molar-refractivity contribution in [2.75, 3.05) is 0 Å². The molecule has 2 aromatic rings. The lowest BCUT2D eigenvalue weighted by Crippen LogP contribution is -2.41. The van der Waals surface area contributed by atoms with Gasteiger partial charge in [0.25, 0.3) is 0 Å². The molecule has 1 atom stereocenters. The summed E-state index contributed by atoms with van der Waals surface area (Å²) in [5.41, 5.74) is 2.92. The third-order valence-electron chi connectivity index (χ3n) is 4.43. The van der Waals surface area contributed by atoms with Gasteiger partial charge in [-0.15, -0.1) is 0 Å². The third-order valence-corrected chi connectivity index (χ3v) is 6.11. The zero-order valence-corrected chi connectivity index (χ0v) is 16.2. The summed E-state index contributed by atoms with van der Waals surface area (Å²) in [6.07, 6.45) is 0. The number of hydrogen-bond acceptors (Lipinski definition) is 4. The zero-order chi connectivity index (χ0) is 18.3. The van der Waals surface area contributed by atoms with Crippen LogP contribution in [0.4, 0.5) is 0 Å². The van der Waals surface area contributed by atoms with Crippen molar-refractivity contribution in [2.24, 2.45) is 5.41 Å². The van der Waals surface area contributed by atoms with Crippen LogP contribution in [0.3, 0.4) is 0 Å². The van der Waals surface area contributed by atoms with Crippen LogP contribution < -0.4 is 4.72 Å². The molecule has 1 unspecified atom stereocenters. The Labute approximate surface area is 144 Å². The van der Waals surface area contributed by atoms with Crippen LogP contribution in [0.5, 0.6) is 0 Å². The summed E-state index contributed by atoms with van der Waals surface area (Å²) in [5.74, 6) is 0.677. The average molecular weight is 350 g/mol. The fourth-order valence-corrected chi connectivity index (χ4v) is 4.13. The maximum Gasteiger partial charge on any atom is 0.241 e. The zero-order valence-electron chi connectivity index (χ0n) is 15.4. The van der Waals surface area contributed by atoms with E-state index in [0.29, 0.717) is 11.3 Å². The fourth-order valence-electron chi connectivity index (χ4n) is 2.41. The fraction of sp³-hybridized carbons (Fsp3) is 0.500. The van der Waals surface area contributed by atoms with Gasteiger partial charge in [-0.25, -0.2) is 13.1 Å². The van der Waals surface area contributed by atoms with E-state index in [4.69, 9.17) is 4.52 Å². The van der Waals surface area contributed by atoms with Crippen LogP contribution in [0.1, 0.15) is 44.7 Å². The van der Waals surface area contributed by atoms with E-state index in [2.05, 4.69) is 9.88 Å². The second-order valence-electron chi connectivity index (χ2n) is 7.39. The average Bonchev–Trinajstić information content (AvgIpc) is 2.77. The van der Waals surface area contributed by atoms with Gasteiger partial charge in [-0.1, -0.05) is 38.1 Å². The number of rotatable bonds is 4. The van der Waals surface area contributed by atoms with Gasteiger partial charge in [0, 0.05) is 11.6 Å². The minimum atomic E-state index is -3.61. The van der Waals surface area contributed by atoms with Gasteiger partial charge in [0.15, 0.2) is 0 Å². The van der Waals surface area contributed by atoms with Crippen molar-refractivity contribution < 1.29 is 12.9 Å². The highest BCUT2D eigenvalue weighted by atomic mass is 32.2. The summed E-state index contributed by atoms with van der Waals surface area (Å²) in [7, 11) is -3.61. The number of sulfonamides is 1. The van der Waals surface area contributed by atoms with E-state index >= 15 is 0 Å². The molecule has 5 nitrogen and oxygen atoms in total. The first-order valence-corrected chi connectivity index (χ1v) is 9.48. The summed E-state index contributed by atoms with van der Waals surface area (Å²) < 4.78 is 33.7. The van der Waals surface area contributed by atoms with Gasteiger partial charge in [0.1, 0.15) is 5.76 Å². The van der Waals surface area contributed by atoms with Gasteiger partial charge < -0.3 is 4.52 Å². The summed E-state index contributed by atoms with van der Waals surface area (Å²) in [6, 6.07) is 5.22. The Morgan fingerprint density at radius 2 is 1.79 bits per heavy atom. The SMILES string of the molecule is Cc1ccc(-c2c(C)noc2C)cc1S(=O)(=O)NC(C)C(C)(C)C. The molecule has 0 spiro atoms. The smallest absolute Gasteiger partial charge is 0.241 e. The van der Waals surface area contributed by atoms with E-state index in [9.17, 15) is 8.42 Å². The molecule has 0 bridgehead atoms. The molecule has 132 valence electrons. The molecular formula is C18H26N2O3S. The Hall–Kier alpha value is -1.66. The van der Waals surface area contributed by atoms with Gasteiger partial charge in [-0.05, 0) is 50.3 Å². The number of nitrogens with zero attached hydrogens (tertiary/aromatic N) is 1. The minimum Gasteiger partial charge on any atom is -0.361 e. The van der Waals surface area contributed by atoms with E-state index in [1.165, 1.54) is 0 Å². The summed E-state index contributed by atoms with van der Waals surface area (Å²) in [4.78, 5) is 0.288. The standard InChI is InChI=1S/C18H26N2O3S/c1-11-8-9-15(17-12(2)19-23-13(17)3)10-16(11)24(21,22)20-14(4)18(5,6)7/h8-10,14,20H,1-7H3. The minimum absolute atomic E-state index is 0.166. The van der Waals surface area contributed by atoms with Crippen LogP contribution in [0.15, 0.2) is 27.6 Å². The molecular weight excluding hydrogens is 324 g/mol. The molecule has 6 heteroatoms. The molecule has 1 aromatic heterocycles.